The maximum absolute atomic E-state index is 12.6. The zero-order valence-corrected chi connectivity index (χ0v) is 18.1. The number of hydrogen-bond donors (Lipinski definition) is 2. The number of carbonyl (C=O) groups is 1. The third kappa shape index (κ3) is 5.75. The van der Waals surface area contributed by atoms with Crippen LogP contribution in [0.3, 0.4) is 0 Å². The number of hydrogen-bond acceptors (Lipinski definition) is 6. The van der Waals surface area contributed by atoms with Gasteiger partial charge in [0.25, 0.3) is 15.9 Å². The second kappa shape index (κ2) is 8.89. The molecule has 0 saturated heterocycles. The molecule has 0 aliphatic rings. The number of amides is 1. The van der Waals surface area contributed by atoms with Crippen LogP contribution >= 0.6 is 22.9 Å². The number of anilines is 2. The van der Waals surface area contributed by atoms with Gasteiger partial charge >= 0.3 is 0 Å². The van der Waals surface area contributed by atoms with Gasteiger partial charge in [-0.1, -0.05) is 42.9 Å². The summed E-state index contributed by atoms with van der Waals surface area (Å²) in [7, 11) is -3.86. The van der Waals surface area contributed by atoms with Gasteiger partial charge in [0.05, 0.1) is 4.90 Å². The minimum Gasteiger partial charge on any atom is -0.296 e. The molecular weight excluding hydrogens is 432 g/mol. The molecule has 0 bridgehead atoms. The maximum Gasteiger partial charge on any atom is 0.261 e. The third-order valence-electron chi connectivity index (χ3n) is 3.77. The highest BCUT2D eigenvalue weighted by Gasteiger charge is 2.17. The standard InChI is InChI=1S/C19H19ClN4O3S2/c1-12(2)10-17-22-23-19(28-17)21-18(25)13-4-3-5-16(11-13)29(26,27)24-15-8-6-14(20)7-9-15/h3-9,11-12,24H,10H2,1-2H3,(H,21,23,25). The molecule has 1 aromatic heterocycles. The first kappa shape index (κ1) is 21.2. The average Bonchev–Trinajstić information content (AvgIpc) is 3.09. The van der Waals surface area contributed by atoms with Crippen molar-refractivity contribution in [1.82, 2.24) is 10.2 Å². The van der Waals surface area contributed by atoms with E-state index in [0.29, 0.717) is 21.8 Å². The largest absolute Gasteiger partial charge is 0.296 e. The molecule has 0 atom stereocenters. The van der Waals surface area contributed by atoms with Crippen LogP contribution in [0.5, 0.6) is 0 Å². The quantitative estimate of drug-likeness (QED) is 0.554. The van der Waals surface area contributed by atoms with E-state index in [2.05, 4.69) is 34.1 Å². The lowest BCUT2D eigenvalue weighted by Crippen LogP contribution is -2.16. The molecule has 10 heteroatoms. The van der Waals surface area contributed by atoms with E-state index >= 15 is 0 Å². The van der Waals surface area contributed by atoms with E-state index in [1.54, 1.807) is 24.3 Å². The van der Waals surface area contributed by atoms with Crippen molar-refractivity contribution in [2.75, 3.05) is 10.0 Å². The number of nitrogens with zero attached hydrogens (tertiary/aromatic N) is 2. The molecule has 1 amide bonds. The highest BCUT2D eigenvalue weighted by molar-refractivity contribution is 7.92. The number of nitrogens with one attached hydrogen (secondary N) is 2. The van der Waals surface area contributed by atoms with Crippen molar-refractivity contribution in [2.45, 2.75) is 25.2 Å². The van der Waals surface area contributed by atoms with Gasteiger partial charge in [0.2, 0.25) is 5.13 Å². The second-order valence-corrected chi connectivity index (χ2v) is 9.87. The molecule has 0 spiro atoms. The molecule has 0 radical (unpaired) electrons. The summed E-state index contributed by atoms with van der Waals surface area (Å²) in [6, 6.07) is 12.0. The summed E-state index contributed by atoms with van der Waals surface area (Å²) >= 11 is 7.12. The SMILES string of the molecule is CC(C)Cc1nnc(NC(=O)c2cccc(S(=O)(=O)Nc3ccc(Cl)cc3)c2)s1. The van der Waals surface area contributed by atoms with Crippen LogP contribution in [0.4, 0.5) is 10.8 Å². The van der Waals surface area contributed by atoms with Gasteiger partial charge in [0.1, 0.15) is 5.01 Å². The summed E-state index contributed by atoms with van der Waals surface area (Å²) in [6.07, 6.45) is 0.775. The van der Waals surface area contributed by atoms with Gasteiger partial charge in [0, 0.05) is 22.7 Å². The Morgan fingerprint density at radius 3 is 2.55 bits per heavy atom. The lowest BCUT2D eigenvalue weighted by molar-refractivity contribution is 0.102. The first-order valence-corrected chi connectivity index (χ1v) is 11.4. The molecule has 1 heterocycles. The normalized spacial score (nSPS) is 11.4. The molecule has 0 saturated carbocycles. The van der Waals surface area contributed by atoms with Gasteiger partial charge < -0.3 is 0 Å². The highest BCUT2D eigenvalue weighted by Crippen LogP contribution is 2.21. The Kier molecular flexibility index (Phi) is 6.51. The summed E-state index contributed by atoms with van der Waals surface area (Å²) in [5.74, 6) is -0.0256. The summed E-state index contributed by atoms with van der Waals surface area (Å²) in [6.45, 7) is 4.15. The van der Waals surface area contributed by atoms with Crippen LogP contribution in [0.1, 0.15) is 29.2 Å². The highest BCUT2D eigenvalue weighted by atomic mass is 35.5. The molecule has 7 nitrogen and oxygen atoms in total. The lowest BCUT2D eigenvalue weighted by atomic mass is 10.1. The van der Waals surface area contributed by atoms with Crippen LogP contribution in [0.25, 0.3) is 0 Å². The van der Waals surface area contributed by atoms with E-state index in [1.807, 2.05) is 0 Å². The molecule has 3 rings (SSSR count). The van der Waals surface area contributed by atoms with Crippen molar-refractivity contribution in [3.63, 3.8) is 0 Å². The molecule has 29 heavy (non-hydrogen) atoms. The Bertz CT molecular complexity index is 1110. The first-order valence-electron chi connectivity index (χ1n) is 8.75. The molecule has 2 aromatic carbocycles. The van der Waals surface area contributed by atoms with Gasteiger partial charge in [-0.25, -0.2) is 8.42 Å². The predicted octanol–water partition coefficient (Wildman–Crippen LogP) is 4.44. The Hall–Kier alpha value is -2.49. The molecule has 2 N–H and O–H groups in total. The minimum absolute atomic E-state index is 0.0298. The second-order valence-electron chi connectivity index (χ2n) is 6.69. The monoisotopic (exact) mass is 450 g/mol. The molecule has 0 aliphatic heterocycles. The van der Waals surface area contributed by atoms with Crippen LogP contribution in [0, 0.1) is 5.92 Å². The van der Waals surface area contributed by atoms with Crippen molar-refractivity contribution < 1.29 is 13.2 Å². The Morgan fingerprint density at radius 2 is 1.86 bits per heavy atom. The minimum atomic E-state index is -3.86. The van der Waals surface area contributed by atoms with Crippen molar-refractivity contribution in [2.24, 2.45) is 5.92 Å². The molecule has 0 fully saturated rings. The molecule has 152 valence electrons. The summed E-state index contributed by atoms with van der Waals surface area (Å²) in [5, 5.41) is 12.4. The summed E-state index contributed by atoms with van der Waals surface area (Å²) in [5.41, 5.74) is 0.570. The Labute approximate surface area is 178 Å². The van der Waals surface area contributed by atoms with Crippen molar-refractivity contribution >= 4 is 49.7 Å². The number of carbonyl (C=O) groups excluding carboxylic acids is 1. The van der Waals surface area contributed by atoms with Crippen LogP contribution in [0.15, 0.2) is 53.4 Å². The predicted molar refractivity (Wildman–Crippen MR) is 115 cm³/mol. The fourth-order valence-electron chi connectivity index (χ4n) is 2.44. The topological polar surface area (TPSA) is 101 Å². The van der Waals surface area contributed by atoms with Gasteiger partial charge in [0.15, 0.2) is 0 Å². The molecular formula is C19H19ClN4O3S2. The van der Waals surface area contributed by atoms with E-state index in [4.69, 9.17) is 11.6 Å². The zero-order valence-electron chi connectivity index (χ0n) is 15.7. The lowest BCUT2D eigenvalue weighted by Gasteiger charge is -2.09. The molecule has 0 aliphatic carbocycles. The number of aromatic nitrogens is 2. The van der Waals surface area contributed by atoms with E-state index in [1.165, 1.54) is 35.6 Å². The zero-order chi connectivity index (χ0) is 21.0. The van der Waals surface area contributed by atoms with Crippen molar-refractivity contribution in [1.29, 1.82) is 0 Å². The number of halogens is 1. The maximum atomic E-state index is 12.6. The van der Waals surface area contributed by atoms with E-state index < -0.39 is 15.9 Å². The van der Waals surface area contributed by atoms with Crippen molar-refractivity contribution in [3.05, 3.63) is 64.1 Å². The Morgan fingerprint density at radius 1 is 1.14 bits per heavy atom. The van der Waals surface area contributed by atoms with Gasteiger partial charge in [-0.2, -0.15) is 0 Å². The molecule has 0 unspecified atom stereocenters. The fraction of sp³-hybridized carbons (Fsp3) is 0.211. The van der Waals surface area contributed by atoms with Crippen LogP contribution < -0.4 is 10.0 Å². The van der Waals surface area contributed by atoms with Gasteiger partial charge in [-0.3, -0.25) is 14.8 Å². The molecule has 3 aromatic rings. The number of sulfonamides is 1. The third-order valence-corrected chi connectivity index (χ3v) is 6.27. The fourth-order valence-corrected chi connectivity index (χ4v) is 4.62. The average molecular weight is 451 g/mol. The van der Waals surface area contributed by atoms with Gasteiger partial charge in [-0.15, -0.1) is 10.2 Å². The van der Waals surface area contributed by atoms with E-state index in [-0.39, 0.29) is 10.5 Å². The number of benzene rings is 2. The van der Waals surface area contributed by atoms with Crippen molar-refractivity contribution in [3.8, 4) is 0 Å². The van der Waals surface area contributed by atoms with Gasteiger partial charge in [-0.05, 0) is 48.4 Å². The van der Waals surface area contributed by atoms with E-state index in [9.17, 15) is 13.2 Å². The number of rotatable bonds is 7. The smallest absolute Gasteiger partial charge is 0.261 e. The van der Waals surface area contributed by atoms with Crippen LogP contribution in [-0.4, -0.2) is 24.5 Å². The van der Waals surface area contributed by atoms with Crippen LogP contribution in [0.2, 0.25) is 5.02 Å². The van der Waals surface area contributed by atoms with Crippen LogP contribution in [-0.2, 0) is 16.4 Å². The Balaban J connectivity index is 1.75. The first-order chi connectivity index (χ1) is 13.7. The summed E-state index contributed by atoms with van der Waals surface area (Å²) in [4.78, 5) is 12.5. The summed E-state index contributed by atoms with van der Waals surface area (Å²) < 4.78 is 27.7. The van der Waals surface area contributed by atoms with E-state index in [0.717, 1.165) is 11.4 Å².